The van der Waals surface area contributed by atoms with Gasteiger partial charge in [-0.15, -0.1) is 6.58 Å². The van der Waals surface area contributed by atoms with Crippen LogP contribution in [-0.2, 0) is 19.1 Å². The van der Waals surface area contributed by atoms with Crippen molar-refractivity contribution in [3.63, 3.8) is 0 Å². The van der Waals surface area contributed by atoms with E-state index in [4.69, 9.17) is 18.9 Å². The number of unbranched alkanes of at least 4 members (excludes halogenated alkanes) is 1. The van der Waals surface area contributed by atoms with Crippen LogP contribution in [0.25, 0.3) is 17.1 Å². The van der Waals surface area contributed by atoms with Gasteiger partial charge < -0.3 is 29.2 Å². The van der Waals surface area contributed by atoms with Crippen LogP contribution in [-0.4, -0.2) is 77.9 Å². The number of rotatable bonds is 12. The highest BCUT2D eigenvalue weighted by Gasteiger charge is 2.47. The highest BCUT2D eigenvalue weighted by molar-refractivity contribution is 5.91. The van der Waals surface area contributed by atoms with Crippen molar-refractivity contribution in [2.24, 2.45) is 11.3 Å². The quantitative estimate of drug-likeness (QED) is 0.211. The van der Waals surface area contributed by atoms with Gasteiger partial charge in [-0.1, -0.05) is 33.4 Å². The zero-order valence-corrected chi connectivity index (χ0v) is 25.6. The number of aromatic nitrogens is 2. The lowest BCUT2D eigenvalue weighted by Crippen LogP contribution is -2.57. The highest BCUT2D eigenvalue weighted by atomic mass is 16.6. The Morgan fingerprint density at radius 2 is 1.91 bits per heavy atom. The minimum absolute atomic E-state index is 0.0737. The van der Waals surface area contributed by atoms with E-state index in [0.29, 0.717) is 28.4 Å². The molecule has 2 aliphatic rings. The van der Waals surface area contributed by atoms with Crippen LogP contribution >= 0.6 is 0 Å². The fraction of sp³-hybridized carbons (Fsp3) is 0.531. The Hall–Kier alpha value is -4.15. The molecule has 11 heteroatoms. The van der Waals surface area contributed by atoms with Gasteiger partial charge in [0.05, 0.1) is 31.8 Å². The molecule has 5 atom stereocenters. The lowest BCUT2D eigenvalue weighted by atomic mass is 9.85. The number of esters is 1. The average Bonchev–Trinajstić information content (AvgIpc) is 3.57. The second kappa shape index (κ2) is 13.4. The summed E-state index contributed by atoms with van der Waals surface area (Å²) < 4.78 is 22.2. The first-order valence-corrected chi connectivity index (χ1v) is 14.6. The number of nitrogens with one attached hydrogen (secondary N) is 1. The van der Waals surface area contributed by atoms with E-state index in [-0.39, 0.29) is 24.9 Å². The van der Waals surface area contributed by atoms with E-state index in [1.807, 2.05) is 26.8 Å². The summed E-state index contributed by atoms with van der Waals surface area (Å²) in [7, 11) is 2.84. The van der Waals surface area contributed by atoms with Gasteiger partial charge in [0.15, 0.2) is 0 Å². The van der Waals surface area contributed by atoms with E-state index in [2.05, 4.69) is 28.4 Å². The second-order valence-corrected chi connectivity index (χ2v) is 12.1. The maximum atomic E-state index is 14.0. The van der Waals surface area contributed by atoms with Gasteiger partial charge in [-0.3, -0.25) is 4.79 Å². The van der Waals surface area contributed by atoms with Crippen molar-refractivity contribution in [2.45, 2.75) is 77.2 Å². The van der Waals surface area contributed by atoms with Gasteiger partial charge in [0.25, 0.3) is 0 Å². The number of allylic oxidation sites excluding steroid dienone is 1. The standard InChI is InChI=1S/C32H42N4O7/c1-8-10-11-12-19-15-26(19)43-31(39)35-27(32(3,4)5)29(37)36-18-21(17-25(36)30(38)41-7)42-28-22(9-2)33-23-14-13-20(40-6)16-24(23)34-28/h8-9,13-14,16,19,21,25-27H,1-2,10-12,15,17-18H2,3-7H3,(H,35,39)/t19-,21?,25+,26-,27-/m1/s1. The molecule has 1 aromatic carbocycles. The lowest BCUT2D eigenvalue weighted by Gasteiger charge is -2.34. The first-order valence-electron chi connectivity index (χ1n) is 14.6. The fourth-order valence-electron chi connectivity index (χ4n) is 5.32. The maximum absolute atomic E-state index is 14.0. The maximum Gasteiger partial charge on any atom is 0.408 e. The molecular formula is C32H42N4O7. The predicted molar refractivity (Wildman–Crippen MR) is 162 cm³/mol. The Morgan fingerprint density at radius 3 is 2.56 bits per heavy atom. The van der Waals surface area contributed by atoms with Crippen LogP contribution in [0.3, 0.4) is 0 Å². The molecule has 2 heterocycles. The van der Waals surface area contributed by atoms with Crippen LogP contribution < -0.4 is 14.8 Å². The average molecular weight is 595 g/mol. The number of fused-ring (bicyclic) bond motifs is 1. The molecule has 1 saturated carbocycles. The van der Waals surface area contributed by atoms with Gasteiger partial charge in [-0.2, -0.15) is 0 Å². The fourth-order valence-corrected chi connectivity index (χ4v) is 5.32. The number of carbonyl (C=O) groups is 3. The van der Waals surface area contributed by atoms with Crippen LogP contribution in [0.1, 0.15) is 58.6 Å². The van der Waals surface area contributed by atoms with Crippen LogP contribution in [0, 0.1) is 11.3 Å². The van der Waals surface area contributed by atoms with Crippen LogP contribution in [0.5, 0.6) is 11.6 Å². The molecule has 2 aromatic rings. The van der Waals surface area contributed by atoms with E-state index in [1.165, 1.54) is 18.1 Å². The molecule has 0 spiro atoms. The molecule has 1 aliphatic heterocycles. The number of nitrogens with zero attached hydrogens (tertiary/aromatic N) is 3. The minimum atomic E-state index is -0.958. The third kappa shape index (κ3) is 7.63. The molecule has 1 unspecified atom stereocenters. The molecular weight excluding hydrogens is 552 g/mol. The third-order valence-corrected chi connectivity index (χ3v) is 7.83. The molecule has 1 aromatic heterocycles. The van der Waals surface area contributed by atoms with Gasteiger partial charge in [0, 0.05) is 12.5 Å². The van der Waals surface area contributed by atoms with Crippen molar-refractivity contribution in [3.8, 4) is 11.6 Å². The molecule has 1 N–H and O–H groups in total. The van der Waals surface area contributed by atoms with Crippen LogP contribution in [0.4, 0.5) is 4.79 Å². The van der Waals surface area contributed by atoms with Crippen molar-refractivity contribution in [2.75, 3.05) is 20.8 Å². The molecule has 1 aliphatic carbocycles. The summed E-state index contributed by atoms with van der Waals surface area (Å²) in [5, 5.41) is 2.78. The Bertz CT molecular complexity index is 1370. The summed E-state index contributed by atoms with van der Waals surface area (Å²) in [5.41, 5.74) is 0.946. The Balaban J connectivity index is 1.50. The van der Waals surface area contributed by atoms with Gasteiger partial charge in [0.1, 0.15) is 35.7 Å². The smallest absolute Gasteiger partial charge is 0.408 e. The minimum Gasteiger partial charge on any atom is -0.497 e. The van der Waals surface area contributed by atoms with Gasteiger partial charge in [-0.25, -0.2) is 19.6 Å². The molecule has 1 saturated heterocycles. The molecule has 0 radical (unpaired) electrons. The lowest BCUT2D eigenvalue weighted by molar-refractivity contribution is -0.152. The summed E-state index contributed by atoms with van der Waals surface area (Å²) in [5.74, 6) is 0.164. The van der Waals surface area contributed by atoms with E-state index < -0.39 is 41.6 Å². The monoisotopic (exact) mass is 594 g/mol. The Morgan fingerprint density at radius 1 is 1.14 bits per heavy atom. The van der Waals surface area contributed by atoms with Crippen LogP contribution in [0.2, 0.25) is 0 Å². The molecule has 2 amide bonds. The number of likely N-dealkylation sites (tertiary alicyclic amines) is 1. The number of hydrogen-bond donors (Lipinski definition) is 1. The molecule has 43 heavy (non-hydrogen) atoms. The predicted octanol–water partition coefficient (Wildman–Crippen LogP) is 4.69. The number of ether oxygens (including phenoxy) is 4. The summed E-state index contributed by atoms with van der Waals surface area (Å²) in [6, 6.07) is 3.45. The zero-order valence-electron chi connectivity index (χ0n) is 25.6. The van der Waals surface area contributed by atoms with Crippen molar-refractivity contribution < 1.29 is 33.3 Å². The van der Waals surface area contributed by atoms with Gasteiger partial charge in [-0.05, 0) is 55.2 Å². The Labute approximate surface area is 252 Å². The summed E-state index contributed by atoms with van der Waals surface area (Å²) in [4.78, 5) is 50.3. The van der Waals surface area contributed by atoms with Gasteiger partial charge >= 0.3 is 12.1 Å². The number of hydrogen-bond acceptors (Lipinski definition) is 9. The van der Waals surface area contributed by atoms with E-state index in [0.717, 1.165) is 25.7 Å². The van der Waals surface area contributed by atoms with E-state index in [9.17, 15) is 14.4 Å². The zero-order chi connectivity index (χ0) is 31.3. The molecule has 0 bridgehead atoms. The molecule has 4 rings (SSSR count). The molecule has 232 valence electrons. The van der Waals surface area contributed by atoms with Crippen LogP contribution in [0.15, 0.2) is 37.4 Å². The number of amides is 2. The first-order chi connectivity index (χ1) is 20.5. The largest absolute Gasteiger partial charge is 0.497 e. The van der Waals surface area contributed by atoms with Crippen molar-refractivity contribution in [1.82, 2.24) is 20.2 Å². The second-order valence-electron chi connectivity index (χ2n) is 12.1. The van der Waals surface area contributed by atoms with Gasteiger partial charge in [0.2, 0.25) is 11.8 Å². The van der Waals surface area contributed by atoms with E-state index in [1.54, 1.807) is 25.3 Å². The van der Waals surface area contributed by atoms with Crippen molar-refractivity contribution >= 4 is 35.1 Å². The number of benzene rings is 1. The van der Waals surface area contributed by atoms with E-state index >= 15 is 0 Å². The molecule has 11 nitrogen and oxygen atoms in total. The summed E-state index contributed by atoms with van der Waals surface area (Å²) in [6.45, 7) is 13.2. The Kier molecular flexibility index (Phi) is 9.93. The normalized spacial score (nSPS) is 21.9. The molecule has 2 fully saturated rings. The SMILES string of the molecule is C=CCCC[C@@H]1C[C@H]1OC(=O)N[C@H](C(=O)N1CC(Oc2nc3cc(OC)ccc3nc2C=C)C[C@H]1C(=O)OC)C(C)(C)C. The topological polar surface area (TPSA) is 129 Å². The number of methoxy groups -OCH3 is 2. The number of alkyl carbamates (subject to hydrolysis) is 1. The third-order valence-electron chi connectivity index (χ3n) is 7.83. The summed E-state index contributed by atoms with van der Waals surface area (Å²) >= 11 is 0. The first kappa shape index (κ1) is 31.8. The van der Waals surface area contributed by atoms with Crippen molar-refractivity contribution in [3.05, 3.63) is 43.1 Å². The summed E-state index contributed by atoms with van der Waals surface area (Å²) in [6.07, 6.45) is 5.88. The number of carbonyl (C=O) groups excluding carboxylic acids is 3. The highest BCUT2D eigenvalue weighted by Crippen LogP contribution is 2.38. The van der Waals surface area contributed by atoms with Crippen molar-refractivity contribution in [1.29, 1.82) is 0 Å².